The molecule has 0 saturated carbocycles. The number of rotatable bonds is 30. The molecule has 0 spiro atoms. The average Bonchev–Trinajstić information content (AvgIpc) is 3.21. The number of carbonyl (C=O) groups excluding carboxylic acids is 8. The van der Waals surface area contributed by atoms with Crippen molar-refractivity contribution in [2.45, 2.75) is 128 Å². The van der Waals surface area contributed by atoms with E-state index >= 15 is 0 Å². The van der Waals surface area contributed by atoms with E-state index in [4.69, 9.17) is 22.6 Å². The lowest BCUT2D eigenvalue weighted by Gasteiger charge is -2.28. The molecule has 0 aliphatic carbocycles. The van der Waals surface area contributed by atoms with Gasteiger partial charge < -0.3 is 75.1 Å². The molecule has 8 unspecified atom stereocenters. The van der Waals surface area contributed by atoms with Crippen LogP contribution in [0.5, 0.6) is 0 Å². The van der Waals surface area contributed by atoms with Crippen molar-refractivity contribution >= 4 is 65.2 Å². The van der Waals surface area contributed by atoms with Crippen molar-refractivity contribution in [1.29, 1.82) is 5.41 Å². The Kier molecular flexibility index (Phi) is 24.9. The maximum absolute atomic E-state index is 14.1. The molecule has 0 aliphatic rings. The maximum Gasteiger partial charge on any atom is 0.325 e. The van der Waals surface area contributed by atoms with Gasteiger partial charge in [-0.25, -0.2) is 0 Å². The normalized spacial score (nSPS) is 14.6. The number of aliphatic carboxylic acids is 2. The van der Waals surface area contributed by atoms with E-state index in [0.29, 0.717) is 5.56 Å². The van der Waals surface area contributed by atoms with E-state index in [-0.39, 0.29) is 56.4 Å². The van der Waals surface area contributed by atoms with Crippen LogP contribution in [0, 0.1) is 17.2 Å². The first-order valence-corrected chi connectivity index (χ1v) is 21.2. The van der Waals surface area contributed by atoms with Crippen molar-refractivity contribution < 1.29 is 63.3 Å². The number of amides is 8. The Morgan fingerprint density at radius 1 is 0.591 bits per heavy atom. The summed E-state index contributed by atoms with van der Waals surface area (Å²) in [4.78, 5) is 129. The average molecular weight is 935 g/mol. The Labute approximate surface area is 381 Å². The molecule has 25 nitrogen and oxygen atoms in total. The number of aliphatic hydroxyl groups is 1. The molecule has 0 heterocycles. The Hall–Kier alpha value is -6.89. The number of hydrogen-bond acceptors (Lipinski definition) is 13. The zero-order valence-electron chi connectivity index (χ0n) is 37.7. The highest BCUT2D eigenvalue weighted by molar-refractivity contribution is 5.99. The lowest BCUT2D eigenvalue weighted by Crippen LogP contribution is -2.61. The van der Waals surface area contributed by atoms with E-state index in [9.17, 15) is 63.3 Å². The molecule has 0 aromatic heterocycles. The van der Waals surface area contributed by atoms with Crippen LogP contribution in [0.4, 0.5) is 0 Å². The van der Waals surface area contributed by atoms with E-state index in [0.717, 1.165) is 6.92 Å². The van der Waals surface area contributed by atoms with Crippen molar-refractivity contribution in [3.63, 3.8) is 0 Å². The maximum atomic E-state index is 14.1. The number of hydrogen-bond donors (Lipinski definition) is 15. The number of benzene rings is 1. The number of carboxylic acids is 2. The molecule has 8 amide bonds. The van der Waals surface area contributed by atoms with Gasteiger partial charge in [0.15, 0.2) is 5.96 Å². The standard InChI is InChI=1S/C41H66N12O13/c1-20(2)14-24(42)33(58)53-30(19-54)39(64)48-25(12-9-13-46-41(44)45)34(59)49-26(15-21(3)4)36(61)50-27(16-23-10-7-6-8-11-23)37(62)52-29(18-32(56)57)38(63)51-28(17-31(43)55)35(60)47-22(5)40(65)66/h6-8,10-11,20-22,24-30,54H,9,12-19,42H2,1-5H3,(H2,43,55)(H,47,60)(H,48,64)(H,49,59)(H,50,61)(H,51,63)(H,52,62)(H,53,58)(H,56,57)(H,65,66)(H4,44,45,46). The summed E-state index contributed by atoms with van der Waals surface area (Å²) >= 11 is 0. The Bertz CT molecular complexity index is 1870. The molecule has 8 atom stereocenters. The molecular weight excluding hydrogens is 869 g/mol. The molecule has 0 bridgehead atoms. The quantitative estimate of drug-likeness (QED) is 0.0197. The summed E-state index contributed by atoms with van der Waals surface area (Å²) in [6.45, 7) is 7.47. The minimum atomic E-state index is -1.93. The van der Waals surface area contributed by atoms with Gasteiger partial charge in [0.25, 0.3) is 0 Å². The second kappa shape index (κ2) is 28.8. The molecule has 66 heavy (non-hydrogen) atoms. The minimum absolute atomic E-state index is 0.0271. The fraction of sp³-hybridized carbons (Fsp3) is 0.585. The van der Waals surface area contributed by atoms with Crippen LogP contribution < -0.4 is 59.7 Å². The second-order valence-electron chi connectivity index (χ2n) is 16.4. The van der Waals surface area contributed by atoms with Crippen molar-refractivity contribution in [1.82, 2.24) is 42.5 Å². The number of nitrogens with two attached hydrogens (primary N) is 3. The van der Waals surface area contributed by atoms with Gasteiger partial charge in [0, 0.05) is 13.0 Å². The molecule has 0 aliphatic heterocycles. The lowest BCUT2D eigenvalue weighted by atomic mass is 10.00. The third-order valence-corrected chi connectivity index (χ3v) is 9.53. The zero-order valence-corrected chi connectivity index (χ0v) is 37.7. The molecule has 0 radical (unpaired) electrons. The van der Waals surface area contributed by atoms with Crippen LogP contribution in [0.25, 0.3) is 0 Å². The van der Waals surface area contributed by atoms with E-state index < -0.39 is 127 Å². The largest absolute Gasteiger partial charge is 0.481 e. The molecule has 0 fully saturated rings. The third kappa shape index (κ3) is 22.1. The fourth-order valence-electron chi connectivity index (χ4n) is 6.18. The molecule has 18 N–H and O–H groups in total. The SMILES string of the molecule is CC(C)CC(N)C(=O)NC(CO)C(=O)NC(CCCNC(=N)N)C(=O)NC(CC(C)C)C(=O)NC(Cc1ccccc1)C(=O)NC(CC(=O)O)C(=O)NC(CC(N)=O)C(=O)NC(C)C(=O)O. The van der Waals surface area contributed by atoms with Crippen molar-refractivity contribution in [3.8, 4) is 0 Å². The van der Waals surface area contributed by atoms with Gasteiger partial charge in [-0.05, 0) is 50.0 Å². The Morgan fingerprint density at radius 3 is 1.56 bits per heavy atom. The highest BCUT2D eigenvalue weighted by Gasteiger charge is 2.35. The first-order valence-electron chi connectivity index (χ1n) is 21.2. The van der Waals surface area contributed by atoms with Crippen LogP contribution in [0.2, 0.25) is 0 Å². The molecule has 1 aromatic rings. The number of nitrogens with one attached hydrogen (secondary N) is 9. The van der Waals surface area contributed by atoms with E-state index in [1.165, 1.54) is 0 Å². The van der Waals surface area contributed by atoms with E-state index in [1.54, 1.807) is 44.2 Å². The summed E-state index contributed by atoms with van der Waals surface area (Å²) in [6, 6.07) is -3.87. The van der Waals surface area contributed by atoms with Gasteiger partial charge in [0.05, 0.1) is 25.5 Å². The van der Waals surface area contributed by atoms with E-state index in [2.05, 4.69) is 42.5 Å². The first-order chi connectivity index (χ1) is 30.8. The fourth-order valence-corrected chi connectivity index (χ4v) is 6.18. The molecule has 0 saturated heterocycles. The van der Waals surface area contributed by atoms with Gasteiger partial charge in [-0.3, -0.25) is 53.4 Å². The van der Waals surface area contributed by atoms with Gasteiger partial charge >= 0.3 is 11.9 Å². The summed E-state index contributed by atoms with van der Waals surface area (Å²) in [6.07, 6.45) is -1.83. The van der Waals surface area contributed by atoms with Crippen LogP contribution in [0.3, 0.4) is 0 Å². The monoisotopic (exact) mass is 934 g/mol. The molecule has 1 aromatic carbocycles. The highest BCUT2D eigenvalue weighted by Crippen LogP contribution is 2.11. The summed E-state index contributed by atoms with van der Waals surface area (Å²) in [5.74, 6) is -11.7. The van der Waals surface area contributed by atoms with Crippen LogP contribution in [0.15, 0.2) is 30.3 Å². The zero-order chi connectivity index (χ0) is 50.3. The van der Waals surface area contributed by atoms with Crippen molar-refractivity contribution in [2.24, 2.45) is 29.0 Å². The minimum Gasteiger partial charge on any atom is -0.481 e. The van der Waals surface area contributed by atoms with Crippen molar-refractivity contribution in [3.05, 3.63) is 35.9 Å². The van der Waals surface area contributed by atoms with Gasteiger partial charge in [0.1, 0.15) is 42.3 Å². The molecule has 25 heteroatoms. The van der Waals surface area contributed by atoms with Crippen LogP contribution in [0.1, 0.15) is 78.7 Å². The number of aliphatic hydroxyl groups excluding tert-OH is 1. The number of carboxylic acid groups (broad SMARTS) is 2. The summed E-state index contributed by atoms with van der Waals surface area (Å²) in [5.41, 5.74) is 17.0. The summed E-state index contributed by atoms with van der Waals surface area (Å²) in [5, 5.41) is 55.3. The number of primary amides is 1. The van der Waals surface area contributed by atoms with Crippen LogP contribution in [-0.2, 0) is 54.4 Å². The number of guanidine groups is 1. The smallest absolute Gasteiger partial charge is 0.325 e. The van der Waals surface area contributed by atoms with Gasteiger partial charge in [0.2, 0.25) is 47.3 Å². The van der Waals surface area contributed by atoms with Gasteiger partial charge in [-0.2, -0.15) is 0 Å². The molecular formula is C41H66N12O13. The molecule has 368 valence electrons. The predicted molar refractivity (Wildman–Crippen MR) is 236 cm³/mol. The highest BCUT2D eigenvalue weighted by atomic mass is 16.4. The Balaban J connectivity index is 3.52. The summed E-state index contributed by atoms with van der Waals surface area (Å²) < 4.78 is 0. The van der Waals surface area contributed by atoms with Crippen LogP contribution in [-0.4, -0.2) is 142 Å². The topological polar surface area (TPSA) is 430 Å². The third-order valence-electron chi connectivity index (χ3n) is 9.53. The van der Waals surface area contributed by atoms with Gasteiger partial charge in [-0.1, -0.05) is 58.0 Å². The number of carbonyl (C=O) groups is 10. The van der Waals surface area contributed by atoms with Crippen molar-refractivity contribution in [2.75, 3.05) is 13.2 Å². The van der Waals surface area contributed by atoms with Crippen LogP contribution >= 0.6 is 0 Å². The predicted octanol–water partition coefficient (Wildman–Crippen LogP) is -4.25. The summed E-state index contributed by atoms with van der Waals surface area (Å²) in [7, 11) is 0. The Morgan fingerprint density at radius 2 is 1.05 bits per heavy atom. The lowest BCUT2D eigenvalue weighted by molar-refractivity contribution is -0.143. The van der Waals surface area contributed by atoms with E-state index in [1.807, 2.05) is 13.8 Å². The van der Waals surface area contributed by atoms with Gasteiger partial charge in [-0.15, -0.1) is 0 Å². The second-order valence-corrected chi connectivity index (χ2v) is 16.4. The molecule has 1 rings (SSSR count). The first kappa shape index (κ1) is 57.1.